The van der Waals surface area contributed by atoms with Crippen molar-refractivity contribution in [3.05, 3.63) is 29.6 Å². The van der Waals surface area contributed by atoms with Gasteiger partial charge in [-0.1, -0.05) is 6.07 Å². The zero-order valence-corrected chi connectivity index (χ0v) is 16.1. The first-order chi connectivity index (χ1) is 12.5. The van der Waals surface area contributed by atoms with Crippen LogP contribution in [0.5, 0.6) is 5.75 Å². The van der Waals surface area contributed by atoms with Crippen LogP contribution in [0.2, 0.25) is 0 Å². The van der Waals surface area contributed by atoms with E-state index in [1.54, 1.807) is 0 Å². The molecule has 0 spiro atoms. The van der Waals surface area contributed by atoms with E-state index < -0.39 is 41.8 Å². The Morgan fingerprint density at radius 3 is 2.50 bits per heavy atom. The van der Waals surface area contributed by atoms with Crippen LogP contribution in [0.25, 0.3) is 0 Å². The third kappa shape index (κ3) is 5.48. The zero-order valence-electron chi connectivity index (χ0n) is 15.3. The van der Waals surface area contributed by atoms with Crippen LogP contribution >= 0.6 is 12.4 Å². The fraction of sp³-hybridized carbons (Fsp3) is 0.529. The summed E-state index contributed by atoms with van der Waals surface area (Å²) in [7, 11) is 1.29. The fourth-order valence-electron chi connectivity index (χ4n) is 3.15. The van der Waals surface area contributed by atoms with Crippen LogP contribution in [0.15, 0.2) is 18.2 Å². The second-order valence-corrected chi connectivity index (χ2v) is 6.44. The molecule has 11 heteroatoms. The van der Waals surface area contributed by atoms with Gasteiger partial charge in [-0.15, -0.1) is 12.4 Å². The molecule has 0 aromatic heterocycles. The predicted octanol–water partition coefficient (Wildman–Crippen LogP) is 1.97. The molecule has 1 aromatic carbocycles. The van der Waals surface area contributed by atoms with Gasteiger partial charge in [0.1, 0.15) is 0 Å². The van der Waals surface area contributed by atoms with Crippen molar-refractivity contribution in [2.24, 2.45) is 5.73 Å². The molecule has 2 rings (SSSR count). The summed E-state index contributed by atoms with van der Waals surface area (Å²) in [4.78, 5) is 24.8. The van der Waals surface area contributed by atoms with E-state index in [9.17, 15) is 27.2 Å². The Morgan fingerprint density at radius 1 is 1.36 bits per heavy atom. The summed E-state index contributed by atoms with van der Waals surface area (Å²) in [5.74, 6) is -3.81. The van der Waals surface area contributed by atoms with Gasteiger partial charge in [0.05, 0.1) is 19.2 Å². The number of piperidine rings is 1. The van der Waals surface area contributed by atoms with Gasteiger partial charge in [0.15, 0.2) is 11.6 Å². The summed E-state index contributed by atoms with van der Waals surface area (Å²) < 4.78 is 56.9. The fourth-order valence-corrected chi connectivity index (χ4v) is 3.15. The van der Waals surface area contributed by atoms with Gasteiger partial charge in [0, 0.05) is 19.0 Å². The number of hydrogen-bond acceptors (Lipinski definition) is 4. The summed E-state index contributed by atoms with van der Waals surface area (Å²) in [6, 6.07) is 2.20. The highest BCUT2D eigenvalue weighted by molar-refractivity contribution is 5.85. The molecule has 1 aliphatic heterocycles. The van der Waals surface area contributed by atoms with E-state index in [4.69, 9.17) is 10.5 Å². The number of ether oxygens (including phenoxy) is 1. The van der Waals surface area contributed by atoms with Crippen LogP contribution in [-0.2, 0) is 9.59 Å². The van der Waals surface area contributed by atoms with Crippen molar-refractivity contribution in [2.75, 3.05) is 20.2 Å². The van der Waals surface area contributed by atoms with Crippen LogP contribution in [0.4, 0.5) is 17.6 Å². The number of halogens is 5. The van der Waals surface area contributed by atoms with Gasteiger partial charge in [-0.2, -0.15) is 13.2 Å². The average Bonchev–Trinajstić information content (AvgIpc) is 2.60. The number of methoxy groups -OCH3 is 1. The molecular formula is C17H22ClF4N3O3. The zero-order chi connectivity index (χ0) is 20.4. The topological polar surface area (TPSA) is 84.7 Å². The number of likely N-dealkylation sites (tertiary alicyclic amines) is 1. The molecule has 1 aliphatic rings. The lowest BCUT2D eigenvalue weighted by Gasteiger charge is -2.40. The van der Waals surface area contributed by atoms with Gasteiger partial charge in [0.2, 0.25) is 5.91 Å². The van der Waals surface area contributed by atoms with Gasteiger partial charge in [-0.05, 0) is 31.0 Å². The van der Waals surface area contributed by atoms with E-state index in [-0.39, 0.29) is 37.7 Å². The number of benzene rings is 1. The summed E-state index contributed by atoms with van der Waals surface area (Å²) in [5, 5.41) is 1.93. The molecule has 3 unspecified atom stereocenters. The normalized spacial score (nSPS) is 20.8. The van der Waals surface area contributed by atoms with Gasteiger partial charge in [-0.3, -0.25) is 9.59 Å². The number of nitrogens with two attached hydrogens (primary N) is 1. The predicted molar refractivity (Wildman–Crippen MR) is 95.8 cm³/mol. The Labute approximate surface area is 165 Å². The lowest BCUT2D eigenvalue weighted by atomic mass is 9.84. The Balaban J connectivity index is 0.00000392. The maximum absolute atomic E-state index is 14.0. The van der Waals surface area contributed by atoms with Crippen LogP contribution in [0, 0.1) is 5.82 Å². The molecule has 1 fully saturated rings. The highest BCUT2D eigenvalue weighted by Crippen LogP contribution is 2.32. The summed E-state index contributed by atoms with van der Waals surface area (Å²) in [6.07, 6.45) is -4.82. The number of alkyl halides is 3. The molecule has 0 aliphatic carbocycles. The van der Waals surface area contributed by atoms with E-state index in [0.717, 1.165) is 0 Å². The molecule has 3 atom stereocenters. The molecule has 0 saturated carbocycles. The van der Waals surface area contributed by atoms with Crippen molar-refractivity contribution >= 4 is 24.2 Å². The largest absolute Gasteiger partial charge is 0.494 e. The van der Waals surface area contributed by atoms with Crippen LogP contribution in [0.1, 0.15) is 24.8 Å². The second kappa shape index (κ2) is 9.42. The summed E-state index contributed by atoms with van der Waals surface area (Å²) in [5.41, 5.74) is 5.97. The Bertz CT molecular complexity index is 715. The molecule has 158 valence electrons. The summed E-state index contributed by atoms with van der Waals surface area (Å²) in [6.45, 7) is 1.55. The molecule has 1 saturated heterocycles. The van der Waals surface area contributed by atoms with Crippen LogP contribution in [0.3, 0.4) is 0 Å². The number of nitrogens with zero attached hydrogens (tertiary/aromatic N) is 1. The lowest BCUT2D eigenvalue weighted by Crippen LogP contribution is -2.57. The minimum absolute atomic E-state index is 0. The maximum atomic E-state index is 14.0. The van der Waals surface area contributed by atoms with Crippen molar-refractivity contribution in [1.29, 1.82) is 0 Å². The van der Waals surface area contributed by atoms with Crippen molar-refractivity contribution < 1.29 is 31.9 Å². The van der Waals surface area contributed by atoms with Gasteiger partial charge in [0.25, 0.3) is 0 Å². The first-order valence-electron chi connectivity index (χ1n) is 8.30. The molecular weight excluding hydrogens is 406 g/mol. The highest BCUT2D eigenvalue weighted by atomic mass is 35.5. The third-order valence-electron chi connectivity index (χ3n) is 4.49. The molecule has 0 radical (unpaired) electrons. The quantitative estimate of drug-likeness (QED) is 0.719. The standard InChI is InChI=1S/C17H21F4N3O3.ClH/c1-9(22)15(25)24-6-5-11(10-3-4-14(27-2)12(18)7-10)13(8-24)23-16(26)17(19,20)21;/h3-4,7,9,11,13H,5-6,8,22H2,1-2H3,(H,23,26);1H. The average molecular weight is 428 g/mol. The van der Waals surface area contributed by atoms with Crippen molar-refractivity contribution in [1.82, 2.24) is 10.2 Å². The Kier molecular flexibility index (Phi) is 8.06. The Hall–Kier alpha value is -2.07. The van der Waals surface area contributed by atoms with Crippen LogP contribution in [-0.4, -0.2) is 55.2 Å². The minimum Gasteiger partial charge on any atom is -0.494 e. The number of carbonyl (C=O) groups excluding carboxylic acids is 2. The first kappa shape index (κ1) is 24.0. The monoisotopic (exact) mass is 427 g/mol. The van der Waals surface area contributed by atoms with Crippen molar-refractivity contribution in [3.63, 3.8) is 0 Å². The van der Waals surface area contributed by atoms with E-state index in [1.165, 1.54) is 37.1 Å². The smallest absolute Gasteiger partial charge is 0.471 e. The lowest BCUT2D eigenvalue weighted by molar-refractivity contribution is -0.175. The molecule has 1 heterocycles. The minimum atomic E-state index is -5.07. The Morgan fingerprint density at radius 2 is 2.00 bits per heavy atom. The third-order valence-corrected chi connectivity index (χ3v) is 4.49. The van der Waals surface area contributed by atoms with E-state index in [1.807, 2.05) is 5.32 Å². The number of amides is 2. The molecule has 3 N–H and O–H groups in total. The van der Waals surface area contributed by atoms with Gasteiger partial charge >= 0.3 is 12.1 Å². The maximum Gasteiger partial charge on any atom is 0.471 e. The van der Waals surface area contributed by atoms with Crippen molar-refractivity contribution in [2.45, 2.75) is 37.5 Å². The molecule has 2 amide bonds. The number of carbonyl (C=O) groups is 2. The first-order valence-corrected chi connectivity index (χ1v) is 8.30. The van der Waals surface area contributed by atoms with Crippen LogP contribution < -0.4 is 15.8 Å². The van der Waals surface area contributed by atoms with Gasteiger partial charge in [-0.25, -0.2) is 4.39 Å². The van der Waals surface area contributed by atoms with E-state index in [2.05, 4.69) is 0 Å². The number of hydrogen-bond donors (Lipinski definition) is 2. The SMILES string of the molecule is COc1ccc(C2CCN(C(=O)C(C)N)CC2NC(=O)C(F)(F)F)cc1F.Cl. The molecule has 0 bridgehead atoms. The number of nitrogens with one attached hydrogen (secondary N) is 1. The number of rotatable bonds is 4. The molecule has 6 nitrogen and oxygen atoms in total. The molecule has 28 heavy (non-hydrogen) atoms. The second-order valence-electron chi connectivity index (χ2n) is 6.44. The molecule has 1 aromatic rings. The van der Waals surface area contributed by atoms with E-state index in [0.29, 0.717) is 5.56 Å². The van der Waals surface area contributed by atoms with E-state index >= 15 is 0 Å². The summed E-state index contributed by atoms with van der Waals surface area (Å²) >= 11 is 0. The van der Waals surface area contributed by atoms with Gasteiger partial charge < -0.3 is 20.7 Å². The highest BCUT2D eigenvalue weighted by Gasteiger charge is 2.43. The van der Waals surface area contributed by atoms with Crippen molar-refractivity contribution in [3.8, 4) is 5.75 Å².